The number of nitrogens with one attached hydrogen (secondary N) is 1. The van der Waals surface area contributed by atoms with Crippen molar-refractivity contribution in [1.82, 2.24) is 14.9 Å². The number of carbonyl (C=O) groups excluding carboxylic acids is 1. The Morgan fingerprint density at radius 1 is 1.12 bits per heavy atom. The van der Waals surface area contributed by atoms with Gasteiger partial charge in [0.1, 0.15) is 0 Å². The van der Waals surface area contributed by atoms with Crippen LogP contribution < -0.4 is 14.8 Å². The van der Waals surface area contributed by atoms with Crippen molar-refractivity contribution >= 4 is 5.91 Å². The Bertz CT molecular complexity index is 843. The number of benzene rings is 2. The van der Waals surface area contributed by atoms with Gasteiger partial charge in [0.2, 0.25) is 0 Å². The SMILES string of the molecule is COc1cccc(CNC(=O)c2ccc(-n3ccnc3)cc2)c1OC. The maximum Gasteiger partial charge on any atom is 0.251 e. The van der Waals surface area contributed by atoms with Crippen LogP contribution in [0.15, 0.2) is 61.2 Å². The van der Waals surface area contributed by atoms with Gasteiger partial charge in [-0.3, -0.25) is 4.79 Å². The summed E-state index contributed by atoms with van der Waals surface area (Å²) in [5, 5.41) is 2.90. The van der Waals surface area contributed by atoms with E-state index < -0.39 is 0 Å². The number of hydrogen-bond acceptors (Lipinski definition) is 4. The molecule has 0 saturated heterocycles. The van der Waals surface area contributed by atoms with Gasteiger partial charge in [-0.25, -0.2) is 4.98 Å². The highest BCUT2D eigenvalue weighted by Gasteiger charge is 2.11. The van der Waals surface area contributed by atoms with Gasteiger partial charge in [-0.1, -0.05) is 12.1 Å². The molecule has 3 rings (SSSR count). The molecule has 1 aromatic heterocycles. The highest BCUT2D eigenvalue weighted by Crippen LogP contribution is 2.30. The Kier molecular flexibility index (Phi) is 4.99. The number of hydrogen-bond donors (Lipinski definition) is 1. The first-order valence-electron chi connectivity index (χ1n) is 7.79. The van der Waals surface area contributed by atoms with E-state index in [-0.39, 0.29) is 5.91 Å². The summed E-state index contributed by atoms with van der Waals surface area (Å²) in [6, 6.07) is 12.9. The minimum Gasteiger partial charge on any atom is -0.493 e. The predicted molar refractivity (Wildman–Crippen MR) is 94.3 cm³/mol. The molecule has 1 amide bonds. The molecule has 128 valence electrons. The Hall–Kier alpha value is -3.28. The molecule has 0 atom stereocenters. The zero-order valence-corrected chi connectivity index (χ0v) is 14.1. The molecule has 0 spiro atoms. The highest BCUT2D eigenvalue weighted by molar-refractivity contribution is 5.94. The molecule has 0 saturated carbocycles. The van der Waals surface area contributed by atoms with Gasteiger partial charge in [-0.15, -0.1) is 0 Å². The van der Waals surface area contributed by atoms with E-state index in [1.165, 1.54) is 0 Å². The summed E-state index contributed by atoms with van der Waals surface area (Å²) in [6.45, 7) is 0.350. The fraction of sp³-hybridized carbons (Fsp3) is 0.158. The molecule has 0 bridgehead atoms. The third-order valence-corrected chi connectivity index (χ3v) is 3.86. The predicted octanol–water partition coefficient (Wildman–Crippen LogP) is 2.82. The molecular weight excluding hydrogens is 318 g/mol. The summed E-state index contributed by atoms with van der Waals surface area (Å²) in [5.41, 5.74) is 2.39. The van der Waals surface area contributed by atoms with Crippen LogP contribution in [0.3, 0.4) is 0 Å². The van der Waals surface area contributed by atoms with Crippen LogP contribution in [0.1, 0.15) is 15.9 Å². The van der Waals surface area contributed by atoms with E-state index in [0.29, 0.717) is 23.6 Å². The fourth-order valence-corrected chi connectivity index (χ4v) is 2.57. The maximum atomic E-state index is 12.4. The summed E-state index contributed by atoms with van der Waals surface area (Å²) in [5.74, 6) is 1.11. The van der Waals surface area contributed by atoms with Gasteiger partial charge in [0.15, 0.2) is 11.5 Å². The number of methoxy groups -OCH3 is 2. The average Bonchev–Trinajstić information content (AvgIpc) is 3.20. The number of aromatic nitrogens is 2. The highest BCUT2D eigenvalue weighted by atomic mass is 16.5. The van der Waals surface area contributed by atoms with Crippen LogP contribution in [0.25, 0.3) is 5.69 Å². The number of carbonyl (C=O) groups is 1. The lowest BCUT2D eigenvalue weighted by Gasteiger charge is -2.13. The lowest BCUT2D eigenvalue weighted by atomic mass is 10.1. The Morgan fingerprint density at radius 2 is 1.92 bits per heavy atom. The van der Waals surface area contributed by atoms with Crippen LogP contribution in [-0.2, 0) is 6.54 Å². The van der Waals surface area contributed by atoms with E-state index in [1.807, 2.05) is 41.1 Å². The van der Waals surface area contributed by atoms with Crippen LogP contribution in [-0.4, -0.2) is 29.7 Å². The molecular formula is C19H19N3O3. The molecule has 3 aromatic rings. The standard InChI is InChI=1S/C19H19N3O3/c1-24-17-5-3-4-15(18(17)25-2)12-21-19(23)14-6-8-16(9-7-14)22-11-10-20-13-22/h3-11,13H,12H2,1-2H3,(H,21,23). The van der Waals surface area contributed by atoms with E-state index in [2.05, 4.69) is 10.3 Å². The molecule has 0 aliphatic rings. The first-order chi connectivity index (χ1) is 12.2. The van der Waals surface area contributed by atoms with Gasteiger partial charge in [0.25, 0.3) is 5.91 Å². The van der Waals surface area contributed by atoms with Gasteiger partial charge in [0, 0.05) is 35.8 Å². The quantitative estimate of drug-likeness (QED) is 0.751. The Labute approximate surface area is 146 Å². The van der Waals surface area contributed by atoms with Crippen LogP contribution in [0.5, 0.6) is 11.5 Å². The van der Waals surface area contributed by atoms with Crippen molar-refractivity contribution in [3.63, 3.8) is 0 Å². The van der Waals surface area contributed by atoms with E-state index in [0.717, 1.165) is 11.3 Å². The largest absolute Gasteiger partial charge is 0.493 e. The Balaban J connectivity index is 1.69. The van der Waals surface area contributed by atoms with Crippen LogP contribution >= 0.6 is 0 Å². The monoisotopic (exact) mass is 337 g/mol. The minimum atomic E-state index is -0.151. The van der Waals surface area contributed by atoms with Crippen molar-refractivity contribution in [2.75, 3.05) is 14.2 Å². The summed E-state index contributed by atoms with van der Waals surface area (Å²) >= 11 is 0. The van der Waals surface area contributed by atoms with Crippen molar-refractivity contribution in [2.45, 2.75) is 6.54 Å². The average molecular weight is 337 g/mol. The second-order valence-electron chi connectivity index (χ2n) is 5.35. The van der Waals surface area contributed by atoms with Crippen molar-refractivity contribution in [1.29, 1.82) is 0 Å². The number of amides is 1. The molecule has 1 heterocycles. The van der Waals surface area contributed by atoms with Crippen LogP contribution in [0.2, 0.25) is 0 Å². The number of nitrogens with zero attached hydrogens (tertiary/aromatic N) is 2. The summed E-state index contributed by atoms with van der Waals surface area (Å²) in [7, 11) is 3.17. The topological polar surface area (TPSA) is 65.4 Å². The Morgan fingerprint density at radius 3 is 2.56 bits per heavy atom. The second kappa shape index (κ2) is 7.53. The number of para-hydroxylation sites is 1. The number of imidazole rings is 1. The lowest BCUT2D eigenvalue weighted by molar-refractivity contribution is 0.0950. The van der Waals surface area contributed by atoms with Gasteiger partial charge in [-0.05, 0) is 30.3 Å². The molecule has 25 heavy (non-hydrogen) atoms. The van der Waals surface area contributed by atoms with Gasteiger partial charge in [-0.2, -0.15) is 0 Å². The third-order valence-electron chi connectivity index (χ3n) is 3.86. The first-order valence-corrected chi connectivity index (χ1v) is 7.79. The smallest absolute Gasteiger partial charge is 0.251 e. The van der Waals surface area contributed by atoms with Crippen molar-refractivity contribution < 1.29 is 14.3 Å². The van der Waals surface area contributed by atoms with Gasteiger partial charge in [0.05, 0.1) is 20.5 Å². The summed E-state index contributed by atoms with van der Waals surface area (Å²) in [4.78, 5) is 16.4. The molecule has 0 unspecified atom stereocenters. The van der Waals surface area contributed by atoms with Crippen LogP contribution in [0.4, 0.5) is 0 Å². The van der Waals surface area contributed by atoms with Crippen LogP contribution in [0, 0.1) is 0 Å². The number of rotatable bonds is 6. The second-order valence-corrected chi connectivity index (χ2v) is 5.35. The molecule has 6 heteroatoms. The van der Waals surface area contributed by atoms with Crippen molar-refractivity contribution in [2.24, 2.45) is 0 Å². The lowest BCUT2D eigenvalue weighted by Crippen LogP contribution is -2.23. The zero-order valence-electron chi connectivity index (χ0n) is 14.1. The minimum absolute atomic E-state index is 0.151. The van der Waals surface area contributed by atoms with E-state index >= 15 is 0 Å². The molecule has 2 aromatic carbocycles. The van der Waals surface area contributed by atoms with Crippen molar-refractivity contribution in [3.8, 4) is 17.2 Å². The molecule has 6 nitrogen and oxygen atoms in total. The van der Waals surface area contributed by atoms with Gasteiger partial charge < -0.3 is 19.4 Å². The maximum absolute atomic E-state index is 12.4. The third kappa shape index (κ3) is 3.63. The molecule has 1 N–H and O–H groups in total. The number of ether oxygens (including phenoxy) is 2. The molecule has 0 fully saturated rings. The first kappa shape index (κ1) is 16.6. The summed E-state index contributed by atoms with van der Waals surface area (Å²) < 4.78 is 12.5. The molecule has 0 aliphatic heterocycles. The molecule has 0 radical (unpaired) electrons. The zero-order chi connectivity index (χ0) is 17.6. The van der Waals surface area contributed by atoms with E-state index in [9.17, 15) is 4.79 Å². The molecule has 0 aliphatic carbocycles. The fourth-order valence-electron chi connectivity index (χ4n) is 2.57. The van der Waals surface area contributed by atoms with E-state index in [1.54, 1.807) is 38.9 Å². The van der Waals surface area contributed by atoms with Gasteiger partial charge >= 0.3 is 0 Å². The van der Waals surface area contributed by atoms with E-state index in [4.69, 9.17) is 9.47 Å². The van der Waals surface area contributed by atoms with Crippen molar-refractivity contribution in [3.05, 3.63) is 72.3 Å². The summed E-state index contributed by atoms with van der Waals surface area (Å²) in [6.07, 6.45) is 5.27. The normalized spacial score (nSPS) is 10.3.